The molecule has 2 heterocycles. The maximum atomic E-state index is 12.9. The van der Waals surface area contributed by atoms with Crippen LogP contribution in [0.5, 0.6) is 0 Å². The van der Waals surface area contributed by atoms with Gasteiger partial charge in [-0.3, -0.25) is 9.59 Å². The van der Waals surface area contributed by atoms with Crippen molar-refractivity contribution in [2.24, 2.45) is 7.05 Å². The molecule has 0 aliphatic heterocycles. The van der Waals surface area contributed by atoms with Gasteiger partial charge in [0, 0.05) is 24.8 Å². The molecule has 8 heteroatoms. The Morgan fingerprint density at radius 3 is 2.64 bits per heavy atom. The number of aliphatic hydroxyl groups is 1. The van der Waals surface area contributed by atoms with Gasteiger partial charge in [0.2, 0.25) is 11.1 Å². The lowest BCUT2D eigenvalue weighted by molar-refractivity contribution is 0.0218. The molecule has 4 aromatic rings. The fourth-order valence-electron chi connectivity index (χ4n) is 3.47. The number of ether oxygens (including phenoxy) is 1. The van der Waals surface area contributed by atoms with Crippen molar-refractivity contribution in [1.82, 2.24) is 9.88 Å². The zero-order valence-electron chi connectivity index (χ0n) is 18.0. The molecule has 0 aliphatic rings. The number of furan rings is 1. The normalized spacial score (nSPS) is 12.1. The third-order valence-electron chi connectivity index (χ3n) is 5.21. The molecule has 1 atom stereocenters. The third kappa shape index (κ3) is 5.34. The van der Waals surface area contributed by atoms with Crippen LogP contribution in [0.25, 0.3) is 11.1 Å². The third-order valence-corrected chi connectivity index (χ3v) is 5.46. The van der Waals surface area contributed by atoms with Crippen molar-refractivity contribution < 1.29 is 19.1 Å². The van der Waals surface area contributed by atoms with Crippen LogP contribution in [-0.2, 0) is 24.9 Å². The highest BCUT2D eigenvalue weighted by atomic mass is 35.5. The molecule has 0 saturated heterocycles. The molecule has 0 aliphatic carbocycles. The summed E-state index contributed by atoms with van der Waals surface area (Å²) in [6.45, 7) is 0.428. The number of pyridine rings is 1. The van der Waals surface area contributed by atoms with E-state index in [4.69, 9.17) is 20.8 Å². The summed E-state index contributed by atoms with van der Waals surface area (Å²) in [7, 11) is 1.70. The van der Waals surface area contributed by atoms with Crippen molar-refractivity contribution >= 4 is 28.6 Å². The van der Waals surface area contributed by atoms with Crippen LogP contribution in [0.2, 0.25) is 5.02 Å². The number of fused-ring (bicyclic) bond motifs is 1. The van der Waals surface area contributed by atoms with Gasteiger partial charge in [-0.05, 0) is 29.3 Å². The number of rotatable bonds is 8. The van der Waals surface area contributed by atoms with Crippen LogP contribution in [0.3, 0.4) is 0 Å². The summed E-state index contributed by atoms with van der Waals surface area (Å²) in [5.74, 6) is -0.0471. The molecular weight excluding hydrogens is 444 g/mol. The van der Waals surface area contributed by atoms with Gasteiger partial charge in [-0.1, -0.05) is 54.1 Å². The number of benzene rings is 2. The lowest BCUT2D eigenvalue weighted by atomic mass is 10.1. The lowest BCUT2D eigenvalue weighted by Crippen LogP contribution is -2.29. The molecule has 1 amide bonds. The van der Waals surface area contributed by atoms with Gasteiger partial charge in [0.15, 0.2) is 0 Å². The number of aromatic nitrogens is 1. The van der Waals surface area contributed by atoms with Crippen LogP contribution in [-0.4, -0.2) is 22.2 Å². The highest BCUT2D eigenvalue weighted by Crippen LogP contribution is 2.19. The van der Waals surface area contributed by atoms with Crippen molar-refractivity contribution in [2.75, 3.05) is 6.61 Å². The number of aryl methyl sites for hydroxylation is 1. The SMILES string of the molecule is Cn1cc(C(=O)NCc2ccc(Cl)cc2)c(=O)c2cc(COC[C@@H](O)c3ccccc3)oc21. The predicted octanol–water partition coefficient (Wildman–Crippen LogP) is 3.97. The fourth-order valence-corrected chi connectivity index (χ4v) is 3.59. The van der Waals surface area contributed by atoms with Crippen LogP contribution in [0.15, 0.2) is 76.1 Å². The van der Waals surface area contributed by atoms with E-state index < -0.39 is 17.4 Å². The van der Waals surface area contributed by atoms with Crippen molar-refractivity contribution in [1.29, 1.82) is 0 Å². The molecule has 4 rings (SSSR count). The zero-order valence-corrected chi connectivity index (χ0v) is 18.7. The summed E-state index contributed by atoms with van der Waals surface area (Å²) in [5.41, 5.74) is 1.56. The number of nitrogens with zero attached hydrogens (tertiary/aromatic N) is 1. The summed E-state index contributed by atoms with van der Waals surface area (Å²) >= 11 is 5.88. The molecule has 0 saturated carbocycles. The van der Waals surface area contributed by atoms with Crippen LogP contribution in [0.4, 0.5) is 0 Å². The summed E-state index contributed by atoms with van der Waals surface area (Å²) in [6.07, 6.45) is 0.688. The van der Waals surface area contributed by atoms with E-state index in [2.05, 4.69) is 5.32 Å². The molecule has 0 radical (unpaired) electrons. The Labute approximate surface area is 195 Å². The zero-order chi connectivity index (χ0) is 23.4. The Hall–Kier alpha value is -3.39. The van der Waals surface area contributed by atoms with E-state index >= 15 is 0 Å². The van der Waals surface area contributed by atoms with Gasteiger partial charge in [0.1, 0.15) is 24.0 Å². The number of amides is 1. The smallest absolute Gasteiger partial charge is 0.257 e. The molecule has 2 N–H and O–H groups in total. The number of carbonyl (C=O) groups is 1. The Morgan fingerprint density at radius 1 is 1.18 bits per heavy atom. The van der Waals surface area contributed by atoms with E-state index in [0.29, 0.717) is 21.9 Å². The van der Waals surface area contributed by atoms with Gasteiger partial charge in [0.25, 0.3) is 5.91 Å². The van der Waals surface area contributed by atoms with Crippen molar-refractivity contribution in [3.05, 3.63) is 105 Å². The van der Waals surface area contributed by atoms with E-state index in [1.165, 1.54) is 6.20 Å². The average molecular weight is 467 g/mol. The molecule has 0 bridgehead atoms. The second-order valence-electron chi connectivity index (χ2n) is 7.67. The largest absolute Gasteiger partial charge is 0.442 e. The summed E-state index contributed by atoms with van der Waals surface area (Å²) < 4.78 is 12.9. The highest BCUT2D eigenvalue weighted by molar-refractivity contribution is 6.30. The van der Waals surface area contributed by atoms with Gasteiger partial charge in [-0.2, -0.15) is 0 Å². The second-order valence-corrected chi connectivity index (χ2v) is 8.10. The van der Waals surface area contributed by atoms with E-state index in [1.54, 1.807) is 41.9 Å². The molecule has 0 unspecified atom stereocenters. The van der Waals surface area contributed by atoms with Gasteiger partial charge in [-0.25, -0.2) is 0 Å². The minimum absolute atomic E-state index is 0.0201. The monoisotopic (exact) mass is 466 g/mol. The minimum Gasteiger partial charge on any atom is -0.442 e. The van der Waals surface area contributed by atoms with E-state index in [9.17, 15) is 14.7 Å². The van der Waals surface area contributed by atoms with Crippen molar-refractivity contribution in [3.8, 4) is 0 Å². The maximum absolute atomic E-state index is 12.9. The summed E-state index contributed by atoms with van der Waals surface area (Å²) in [5, 5.41) is 13.9. The maximum Gasteiger partial charge on any atom is 0.257 e. The average Bonchev–Trinajstić information content (AvgIpc) is 3.26. The quantitative estimate of drug-likeness (QED) is 0.410. The molecule has 7 nitrogen and oxygen atoms in total. The Balaban J connectivity index is 1.44. The van der Waals surface area contributed by atoms with Crippen molar-refractivity contribution in [3.63, 3.8) is 0 Å². The first-order valence-electron chi connectivity index (χ1n) is 10.4. The van der Waals surface area contributed by atoms with Crippen LogP contribution >= 0.6 is 11.6 Å². The van der Waals surface area contributed by atoms with Crippen LogP contribution < -0.4 is 10.7 Å². The Bertz CT molecular complexity index is 1310. The Kier molecular flexibility index (Phi) is 6.93. The number of hydrogen-bond donors (Lipinski definition) is 2. The second kappa shape index (κ2) is 10.0. The summed E-state index contributed by atoms with van der Waals surface area (Å²) in [4.78, 5) is 25.6. The Morgan fingerprint density at radius 2 is 1.91 bits per heavy atom. The van der Waals surface area contributed by atoms with E-state index in [1.807, 2.05) is 30.3 Å². The van der Waals surface area contributed by atoms with Gasteiger partial charge in [-0.15, -0.1) is 0 Å². The van der Waals surface area contributed by atoms with Gasteiger partial charge >= 0.3 is 0 Å². The standard InChI is InChI=1S/C25H23ClN2O5/c1-28-13-21(24(31)27-12-16-7-9-18(26)10-8-16)23(30)20-11-19(33-25(20)28)14-32-15-22(29)17-5-3-2-4-6-17/h2-11,13,22,29H,12,14-15H2,1H3,(H,27,31)/t22-/m1/s1. The molecule has 0 spiro atoms. The lowest BCUT2D eigenvalue weighted by Gasteiger charge is -2.10. The molecule has 2 aromatic heterocycles. The van der Waals surface area contributed by atoms with Crippen LogP contribution in [0.1, 0.15) is 33.3 Å². The highest BCUT2D eigenvalue weighted by Gasteiger charge is 2.18. The number of halogens is 1. The molecule has 2 aromatic carbocycles. The number of nitrogens with one attached hydrogen (secondary N) is 1. The minimum atomic E-state index is -0.766. The molecule has 170 valence electrons. The first kappa shape index (κ1) is 22.8. The number of carbonyl (C=O) groups excluding carboxylic acids is 1. The first-order chi connectivity index (χ1) is 15.9. The topological polar surface area (TPSA) is 93.7 Å². The van der Waals surface area contributed by atoms with Gasteiger partial charge in [0.05, 0.1) is 12.0 Å². The predicted molar refractivity (Wildman–Crippen MR) is 125 cm³/mol. The fraction of sp³-hybridized carbons (Fsp3) is 0.200. The summed E-state index contributed by atoms with van der Waals surface area (Å²) in [6, 6.07) is 17.9. The molecule has 0 fully saturated rings. The van der Waals surface area contributed by atoms with E-state index in [0.717, 1.165) is 11.1 Å². The van der Waals surface area contributed by atoms with Crippen LogP contribution in [0, 0.1) is 0 Å². The molecule has 33 heavy (non-hydrogen) atoms. The first-order valence-corrected chi connectivity index (χ1v) is 10.8. The van der Waals surface area contributed by atoms with Gasteiger partial charge < -0.3 is 24.1 Å². The molecular formula is C25H23ClN2O5. The van der Waals surface area contributed by atoms with Crippen molar-refractivity contribution in [2.45, 2.75) is 19.3 Å². The van der Waals surface area contributed by atoms with E-state index in [-0.39, 0.29) is 25.3 Å². The number of aliphatic hydroxyl groups excluding tert-OH is 1. The number of hydrogen-bond acceptors (Lipinski definition) is 5.